The van der Waals surface area contributed by atoms with Gasteiger partial charge in [-0.05, 0) is 30.6 Å². The van der Waals surface area contributed by atoms with Crippen LogP contribution in [0.3, 0.4) is 0 Å². The lowest BCUT2D eigenvalue weighted by Crippen LogP contribution is -2.18. The Hall–Kier alpha value is -0.830. The minimum absolute atomic E-state index is 0.211. The summed E-state index contributed by atoms with van der Waals surface area (Å²) in [4.78, 5) is 12.3. The molecule has 0 aliphatic carbocycles. The van der Waals surface area contributed by atoms with Crippen LogP contribution in [0, 0.1) is 17.8 Å². The number of carbonyl (C=O) groups excluding carboxylic acids is 1. The third-order valence-electron chi connectivity index (χ3n) is 2.82. The van der Waals surface area contributed by atoms with Crippen molar-refractivity contribution < 1.29 is 14.3 Å². The number of rotatable bonds is 9. The molecule has 0 aromatic heterocycles. The Morgan fingerprint density at radius 1 is 0.900 bits per heavy atom. The number of esters is 1. The predicted molar refractivity (Wildman–Crippen MR) is 83.6 cm³/mol. The SMILES string of the molecule is COCC(C(=O)OCC(C)C)=C(CC(C)C)CC(C)C. The molecule has 0 rings (SSSR count). The number of hydrogen-bond acceptors (Lipinski definition) is 3. The van der Waals surface area contributed by atoms with Gasteiger partial charge in [-0.1, -0.05) is 47.1 Å². The molecule has 0 aliphatic rings. The second kappa shape index (κ2) is 9.98. The molecule has 0 unspecified atom stereocenters. The quantitative estimate of drug-likeness (QED) is 0.470. The third kappa shape index (κ3) is 8.36. The van der Waals surface area contributed by atoms with Gasteiger partial charge in [0.25, 0.3) is 0 Å². The molecule has 0 saturated carbocycles. The summed E-state index contributed by atoms with van der Waals surface area (Å²) in [5.74, 6) is 1.18. The highest BCUT2D eigenvalue weighted by Crippen LogP contribution is 2.24. The van der Waals surface area contributed by atoms with Crippen molar-refractivity contribution in [2.75, 3.05) is 20.3 Å². The number of allylic oxidation sites excluding steroid dienone is 1. The van der Waals surface area contributed by atoms with Gasteiger partial charge in [0.2, 0.25) is 0 Å². The molecule has 0 radical (unpaired) electrons. The summed E-state index contributed by atoms with van der Waals surface area (Å²) < 4.78 is 10.6. The Morgan fingerprint density at radius 3 is 1.75 bits per heavy atom. The van der Waals surface area contributed by atoms with Crippen molar-refractivity contribution in [1.29, 1.82) is 0 Å². The van der Waals surface area contributed by atoms with Crippen molar-refractivity contribution >= 4 is 5.97 Å². The van der Waals surface area contributed by atoms with Crippen LogP contribution >= 0.6 is 0 Å². The summed E-state index contributed by atoms with van der Waals surface area (Å²) in [5, 5.41) is 0. The number of hydrogen-bond donors (Lipinski definition) is 0. The van der Waals surface area contributed by atoms with E-state index in [1.165, 1.54) is 5.57 Å². The van der Waals surface area contributed by atoms with Gasteiger partial charge in [0.1, 0.15) is 0 Å². The van der Waals surface area contributed by atoms with Crippen LogP contribution in [0.4, 0.5) is 0 Å². The highest BCUT2D eigenvalue weighted by atomic mass is 16.5. The zero-order chi connectivity index (χ0) is 15.7. The van der Waals surface area contributed by atoms with Crippen molar-refractivity contribution in [3.8, 4) is 0 Å². The molecule has 3 heteroatoms. The molecule has 20 heavy (non-hydrogen) atoms. The van der Waals surface area contributed by atoms with Crippen LogP contribution in [-0.2, 0) is 14.3 Å². The molecule has 0 atom stereocenters. The van der Waals surface area contributed by atoms with E-state index in [1.54, 1.807) is 7.11 Å². The van der Waals surface area contributed by atoms with E-state index in [-0.39, 0.29) is 5.97 Å². The van der Waals surface area contributed by atoms with Crippen LogP contribution < -0.4 is 0 Å². The molecular formula is C17H32O3. The predicted octanol–water partition coefficient (Wildman–Crippen LogP) is 4.22. The first-order valence-corrected chi connectivity index (χ1v) is 7.64. The van der Waals surface area contributed by atoms with Crippen LogP contribution in [0.15, 0.2) is 11.1 Å². The molecule has 0 saturated heterocycles. The maximum atomic E-state index is 12.3. The van der Waals surface area contributed by atoms with Gasteiger partial charge in [0.15, 0.2) is 0 Å². The Bertz CT molecular complexity index is 302. The second-order valence-corrected chi connectivity index (χ2v) is 6.70. The highest BCUT2D eigenvalue weighted by molar-refractivity contribution is 5.89. The lowest BCUT2D eigenvalue weighted by Gasteiger charge is -2.18. The minimum atomic E-state index is -0.211. The van der Waals surface area contributed by atoms with Crippen LogP contribution in [-0.4, -0.2) is 26.3 Å². The molecule has 0 N–H and O–H groups in total. The maximum absolute atomic E-state index is 12.3. The van der Waals surface area contributed by atoms with Crippen molar-refractivity contribution in [1.82, 2.24) is 0 Å². The topological polar surface area (TPSA) is 35.5 Å². The molecule has 3 nitrogen and oxygen atoms in total. The van der Waals surface area contributed by atoms with Crippen molar-refractivity contribution in [2.24, 2.45) is 17.8 Å². The molecule has 0 aromatic carbocycles. The van der Waals surface area contributed by atoms with Crippen molar-refractivity contribution in [2.45, 2.75) is 54.4 Å². The van der Waals surface area contributed by atoms with Gasteiger partial charge in [-0.3, -0.25) is 0 Å². The molecule has 0 bridgehead atoms. The lowest BCUT2D eigenvalue weighted by molar-refractivity contribution is -0.140. The van der Waals surface area contributed by atoms with E-state index in [9.17, 15) is 4.79 Å². The Labute approximate surface area is 124 Å². The first-order chi connectivity index (χ1) is 9.27. The van der Waals surface area contributed by atoms with Crippen LogP contribution in [0.5, 0.6) is 0 Å². The average Bonchev–Trinajstić information content (AvgIpc) is 2.31. The summed E-state index contributed by atoms with van der Waals surface area (Å²) in [6, 6.07) is 0. The van der Waals surface area contributed by atoms with Gasteiger partial charge in [-0.25, -0.2) is 4.79 Å². The van der Waals surface area contributed by atoms with Crippen LogP contribution in [0.1, 0.15) is 54.4 Å². The minimum Gasteiger partial charge on any atom is -0.462 e. The number of methoxy groups -OCH3 is 1. The molecule has 0 heterocycles. The summed E-state index contributed by atoms with van der Waals surface area (Å²) in [6.45, 7) is 13.6. The fourth-order valence-electron chi connectivity index (χ4n) is 2.09. The summed E-state index contributed by atoms with van der Waals surface area (Å²) in [6.07, 6.45) is 1.85. The maximum Gasteiger partial charge on any atom is 0.336 e. The highest BCUT2D eigenvalue weighted by Gasteiger charge is 2.19. The largest absolute Gasteiger partial charge is 0.462 e. The molecule has 0 aliphatic heterocycles. The van der Waals surface area contributed by atoms with Gasteiger partial charge in [0, 0.05) is 7.11 Å². The fraction of sp³-hybridized carbons (Fsp3) is 0.824. The molecule has 0 amide bonds. The van der Waals surface area contributed by atoms with E-state index < -0.39 is 0 Å². The molecule has 0 aromatic rings. The summed E-state index contributed by atoms with van der Waals surface area (Å²) in [7, 11) is 1.62. The van der Waals surface area contributed by atoms with E-state index in [1.807, 2.05) is 13.8 Å². The summed E-state index contributed by atoms with van der Waals surface area (Å²) >= 11 is 0. The monoisotopic (exact) mass is 284 g/mol. The van der Waals surface area contributed by atoms with Gasteiger partial charge in [-0.2, -0.15) is 0 Å². The Balaban J connectivity index is 5.15. The lowest BCUT2D eigenvalue weighted by atomic mass is 9.91. The Kier molecular flexibility index (Phi) is 9.56. The average molecular weight is 284 g/mol. The van der Waals surface area contributed by atoms with Gasteiger partial charge < -0.3 is 9.47 Å². The first kappa shape index (κ1) is 19.2. The fourth-order valence-corrected chi connectivity index (χ4v) is 2.09. The van der Waals surface area contributed by atoms with Crippen molar-refractivity contribution in [3.05, 3.63) is 11.1 Å². The third-order valence-corrected chi connectivity index (χ3v) is 2.82. The van der Waals surface area contributed by atoms with Gasteiger partial charge in [0.05, 0.1) is 18.8 Å². The van der Waals surface area contributed by atoms with E-state index in [2.05, 4.69) is 27.7 Å². The summed E-state index contributed by atoms with van der Waals surface area (Å²) in [5.41, 5.74) is 1.90. The van der Waals surface area contributed by atoms with E-state index in [0.29, 0.717) is 31.0 Å². The van der Waals surface area contributed by atoms with E-state index in [4.69, 9.17) is 9.47 Å². The van der Waals surface area contributed by atoms with E-state index in [0.717, 1.165) is 18.4 Å². The molecular weight excluding hydrogens is 252 g/mol. The first-order valence-electron chi connectivity index (χ1n) is 7.64. The van der Waals surface area contributed by atoms with Crippen LogP contribution in [0.2, 0.25) is 0 Å². The van der Waals surface area contributed by atoms with Gasteiger partial charge >= 0.3 is 5.97 Å². The van der Waals surface area contributed by atoms with Crippen LogP contribution in [0.25, 0.3) is 0 Å². The number of carbonyl (C=O) groups is 1. The smallest absolute Gasteiger partial charge is 0.336 e. The Morgan fingerprint density at radius 2 is 1.40 bits per heavy atom. The molecule has 118 valence electrons. The second-order valence-electron chi connectivity index (χ2n) is 6.70. The van der Waals surface area contributed by atoms with Crippen molar-refractivity contribution in [3.63, 3.8) is 0 Å². The normalized spacial score (nSPS) is 11.3. The zero-order valence-electron chi connectivity index (χ0n) is 14.3. The zero-order valence-corrected chi connectivity index (χ0v) is 14.3. The number of ether oxygens (including phenoxy) is 2. The molecule has 0 fully saturated rings. The standard InChI is InChI=1S/C17H32O3/c1-12(2)8-15(9-13(3)4)16(11-19-7)17(18)20-10-14(5)6/h12-14H,8-11H2,1-7H3. The van der Waals surface area contributed by atoms with Gasteiger partial charge in [-0.15, -0.1) is 0 Å². The molecule has 0 spiro atoms. The van der Waals surface area contributed by atoms with E-state index >= 15 is 0 Å².